The van der Waals surface area contributed by atoms with E-state index in [0.717, 1.165) is 49.9 Å². The molecule has 1 amide bonds. The molecule has 0 atom stereocenters. The van der Waals surface area contributed by atoms with Crippen LogP contribution in [-0.4, -0.2) is 64.2 Å². The number of guanidine groups is 1. The fourth-order valence-corrected chi connectivity index (χ4v) is 2.99. The molecule has 0 bridgehead atoms. The molecule has 1 aromatic heterocycles. The molecule has 1 aromatic carbocycles. The Bertz CT molecular complexity index is 753. The van der Waals surface area contributed by atoms with Gasteiger partial charge in [-0.3, -0.25) is 4.79 Å². The van der Waals surface area contributed by atoms with Gasteiger partial charge in [0.05, 0.1) is 18.4 Å². The quantitative estimate of drug-likeness (QED) is 0.412. The third kappa shape index (κ3) is 5.69. The number of nitrogens with one attached hydrogen (secondary N) is 1. The Balaban J connectivity index is 0.00000261. The molecule has 27 heavy (non-hydrogen) atoms. The first kappa shape index (κ1) is 21.2. The minimum atomic E-state index is 0. The standard InChI is InChI=1S/C19H26N6O.HI/c1-3-20-19(24-11-9-23(10-12-24)16(2)26)21-13-17-14-22-25(15-17)18-7-5-4-6-8-18;/h4-8,14-15H,3,9-13H2,1-2H3,(H,20,21);1H. The normalized spacial score (nSPS) is 14.7. The zero-order valence-corrected chi connectivity index (χ0v) is 18.2. The minimum Gasteiger partial charge on any atom is -0.357 e. The average Bonchev–Trinajstić information content (AvgIpc) is 3.15. The maximum absolute atomic E-state index is 11.5. The van der Waals surface area contributed by atoms with Crippen molar-refractivity contribution < 1.29 is 4.79 Å². The van der Waals surface area contributed by atoms with E-state index in [0.29, 0.717) is 6.54 Å². The summed E-state index contributed by atoms with van der Waals surface area (Å²) in [5.74, 6) is 1.03. The van der Waals surface area contributed by atoms with Crippen LogP contribution < -0.4 is 5.32 Å². The van der Waals surface area contributed by atoms with Gasteiger partial charge in [0, 0.05) is 51.4 Å². The highest BCUT2D eigenvalue weighted by atomic mass is 127. The summed E-state index contributed by atoms with van der Waals surface area (Å²) in [6, 6.07) is 10.0. The number of halogens is 1. The van der Waals surface area contributed by atoms with Crippen LogP contribution in [0.1, 0.15) is 19.4 Å². The lowest BCUT2D eigenvalue weighted by Crippen LogP contribution is -2.53. The predicted octanol–water partition coefficient (Wildman–Crippen LogP) is 2.12. The maximum atomic E-state index is 11.5. The Morgan fingerprint density at radius 1 is 1.15 bits per heavy atom. The molecule has 0 saturated carbocycles. The van der Waals surface area contributed by atoms with Crippen LogP contribution in [0.4, 0.5) is 0 Å². The molecule has 146 valence electrons. The summed E-state index contributed by atoms with van der Waals surface area (Å²) in [5.41, 5.74) is 2.10. The molecule has 8 heteroatoms. The largest absolute Gasteiger partial charge is 0.357 e. The smallest absolute Gasteiger partial charge is 0.219 e. The number of benzene rings is 1. The molecule has 1 aliphatic rings. The van der Waals surface area contributed by atoms with Crippen LogP contribution in [0.15, 0.2) is 47.7 Å². The zero-order valence-electron chi connectivity index (χ0n) is 15.8. The Labute approximate surface area is 177 Å². The van der Waals surface area contributed by atoms with E-state index in [1.807, 2.05) is 52.3 Å². The van der Waals surface area contributed by atoms with E-state index in [9.17, 15) is 4.79 Å². The van der Waals surface area contributed by atoms with E-state index in [4.69, 9.17) is 4.99 Å². The molecule has 0 unspecified atom stereocenters. The molecule has 0 spiro atoms. The third-order valence-electron chi connectivity index (χ3n) is 4.43. The van der Waals surface area contributed by atoms with Crippen LogP contribution in [0.3, 0.4) is 0 Å². The van der Waals surface area contributed by atoms with Crippen molar-refractivity contribution in [2.24, 2.45) is 4.99 Å². The van der Waals surface area contributed by atoms with Gasteiger partial charge in [0.1, 0.15) is 0 Å². The summed E-state index contributed by atoms with van der Waals surface area (Å²) < 4.78 is 1.86. The van der Waals surface area contributed by atoms with Crippen molar-refractivity contribution in [1.29, 1.82) is 0 Å². The monoisotopic (exact) mass is 482 g/mol. The molecule has 1 saturated heterocycles. The van der Waals surface area contributed by atoms with Crippen molar-refractivity contribution in [3.05, 3.63) is 48.3 Å². The van der Waals surface area contributed by atoms with Gasteiger partial charge >= 0.3 is 0 Å². The van der Waals surface area contributed by atoms with Gasteiger partial charge in [0.25, 0.3) is 0 Å². The van der Waals surface area contributed by atoms with Crippen LogP contribution in [0, 0.1) is 0 Å². The average molecular weight is 482 g/mol. The van der Waals surface area contributed by atoms with E-state index < -0.39 is 0 Å². The van der Waals surface area contributed by atoms with Crippen LogP contribution in [0.25, 0.3) is 5.69 Å². The number of rotatable bonds is 4. The molecular formula is C19H27IN6O. The van der Waals surface area contributed by atoms with E-state index in [-0.39, 0.29) is 29.9 Å². The second-order valence-electron chi connectivity index (χ2n) is 6.29. The van der Waals surface area contributed by atoms with E-state index in [2.05, 4.69) is 22.2 Å². The molecule has 0 aliphatic carbocycles. The van der Waals surface area contributed by atoms with Gasteiger partial charge in [-0.05, 0) is 19.1 Å². The molecule has 1 aliphatic heterocycles. The van der Waals surface area contributed by atoms with Crippen molar-refractivity contribution in [3.8, 4) is 5.69 Å². The van der Waals surface area contributed by atoms with Gasteiger partial charge in [-0.2, -0.15) is 5.10 Å². The molecule has 2 aromatic rings. The summed E-state index contributed by atoms with van der Waals surface area (Å²) in [5, 5.41) is 7.77. The highest BCUT2D eigenvalue weighted by Crippen LogP contribution is 2.09. The van der Waals surface area contributed by atoms with Gasteiger partial charge in [-0.1, -0.05) is 18.2 Å². The third-order valence-corrected chi connectivity index (χ3v) is 4.43. The SMILES string of the molecule is CCNC(=NCc1cnn(-c2ccccc2)c1)N1CCN(C(C)=O)CC1.I. The number of piperazine rings is 1. The summed E-state index contributed by atoms with van der Waals surface area (Å²) >= 11 is 0. The number of nitrogens with zero attached hydrogens (tertiary/aromatic N) is 5. The Morgan fingerprint density at radius 3 is 2.44 bits per heavy atom. The number of aliphatic imine (C=N–C) groups is 1. The van der Waals surface area contributed by atoms with Crippen LogP contribution in [-0.2, 0) is 11.3 Å². The molecule has 1 N–H and O–H groups in total. The lowest BCUT2D eigenvalue weighted by molar-refractivity contribution is -0.130. The maximum Gasteiger partial charge on any atom is 0.219 e. The fraction of sp³-hybridized carbons (Fsp3) is 0.421. The van der Waals surface area contributed by atoms with E-state index >= 15 is 0 Å². The van der Waals surface area contributed by atoms with Crippen molar-refractivity contribution >= 4 is 35.8 Å². The Hall–Kier alpha value is -2.10. The minimum absolute atomic E-state index is 0. The van der Waals surface area contributed by atoms with Crippen LogP contribution in [0.5, 0.6) is 0 Å². The first-order valence-corrected chi connectivity index (χ1v) is 9.05. The molecule has 7 nitrogen and oxygen atoms in total. The van der Waals surface area contributed by atoms with Crippen molar-refractivity contribution in [3.63, 3.8) is 0 Å². The number of hydrogen-bond donors (Lipinski definition) is 1. The Kier molecular flexibility index (Phi) is 8.08. The van der Waals surface area contributed by atoms with Gasteiger partial charge < -0.3 is 15.1 Å². The number of hydrogen-bond acceptors (Lipinski definition) is 3. The summed E-state index contributed by atoms with van der Waals surface area (Å²) in [4.78, 5) is 20.3. The lowest BCUT2D eigenvalue weighted by atomic mass is 10.3. The lowest BCUT2D eigenvalue weighted by Gasteiger charge is -2.36. The van der Waals surface area contributed by atoms with E-state index in [1.54, 1.807) is 6.92 Å². The summed E-state index contributed by atoms with van der Waals surface area (Å²) in [7, 11) is 0. The van der Waals surface area contributed by atoms with E-state index in [1.165, 1.54) is 0 Å². The second kappa shape index (κ2) is 10.3. The number of carbonyl (C=O) groups is 1. The Morgan fingerprint density at radius 2 is 1.81 bits per heavy atom. The highest BCUT2D eigenvalue weighted by Gasteiger charge is 2.20. The van der Waals surface area contributed by atoms with Crippen LogP contribution >= 0.6 is 24.0 Å². The van der Waals surface area contributed by atoms with Crippen LogP contribution in [0.2, 0.25) is 0 Å². The molecule has 2 heterocycles. The second-order valence-corrected chi connectivity index (χ2v) is 6.29. The topological polar surface area (TPSA) is 65.8 Å². The zero-order chi connectivity index (χ0) is 18.4. The molecular weight excluding hydrogens is 455 g/mol. The molecule has 0 radical (unpaired) electrons. The first-order valence-electron chi connectivity index (χ1n) is 9.05. The van der Waals surface area contributed by atoms with Gasteiger partial charge in [0.15, 0.2) is 5.96 Å². The van der Waals surface area contributed by atoms with Gasteiger partial charge in [-0.15, -0.1) is 24.0 Å². The fourth-order valence-electron chi connectivity index (χ4n) is 2.99. The number of amides is 1. The van der Waals surface area contributed by atoms with Gasteiger partial charge in [-0.25, -0.2) is 9.67 Å². The first-order chi connectivity index (χ1) is 12.7. The molecule has 1 fully saturated rings. The van der Waals surface area contributed by atoms with Crippen molar-refractivity contribution in [1.82, 2.24) is 24.9 Å². The summed E-state index contributed by atoms with van der Waals surface area (Å²) in [6.45, 7) is 8.16. The highest BCUT2D eigenvalue weighted by molar-refractivity contribution is 14.0. The molecule has 3 rings (SSSR count). The van der Waals surface area contributed by atoms with Crippen molar-refractivity contribution in [2.45, 2.75) is 20.4 Å². The summed E-state index contributed by atoms with van der Waals surface area (Å²) in [6.07, 6.45) is 3.86. The van der Waals surface area contributed by atoms with Gasteiger partial charge in [0.2, 0.25) is 5.91 Å². The number of aromatic nitrogens is 2. The van der Waals surface area contributed by atoms with Crippen molar-refractivity contribution in [2.75, 3.05) is 32.7 Å². The number of carbonyl (C=O) groups excluding carboxylic acids is 1. The number of para-hydroxylation sites is 1. The predicted molar refractivity (Wildman–Crippen MR) is 118 cm³/mol.